The molecular weight excluding hydrogens is 170 g/mol. The largest absolute Gasteiger partial charge is 0.261 e. The van der Waals surface area contributed by atoms with Gasteiger partial charge < -0.3 is 0 Å². The summed E-state index contributed by atoms with van der Waals surface area (Å²) in [6.45, 7) is 4.10. The van der Waals surface area contributed by atoms with Crippen LogP contribution in [0.4, 0.5) is 0 Å². The van der Waals surface area contributed by atoms with Crippen LogP contribution in [-0.4, -0.2) is 4.98 Å². The number of hydrogen-bond acceptors (Lipinski definition) is 1. The van der Waals surface area contributed by atoms with Gasteiger partial charge in [0.25, 0.3) is 0 Å². The molecule has 0 amide bonds. The Balaban J connectivity index is 2.44. The van der Waals surface area contributed by atoms with E-state index in [1.807, 2.05) is 19.2 Å². The van der Waals surface area contributed by atoms with E-state index in [1.54, 1.807) is 0 Å². The number of rotatable bonds is 1. The van der Waals surface area contributed by atoms with Crippen LogP contribution in [0.3, 0.4) is 0 Å². The van der Waals surface area contributed by atoms with Gasteiger partial charge in [0.15, 0.2) is 0 Å². The average molecular weight is 183 g/mol. The standard InChI is InChI=1S/C13H13N/c1-10-4-3-5-12(8-10)13-7-6-11(2)14-9-13/h3-9H,1-2H3. The Morgan fingerprint density at radius 2 is 1.79 bits per heavy atom. The first kappa shape index (κ1) is 8.95. The fourth-order valence-electron chi connectivity index (χ4n) is 1.46. The number of aryl methyl sites for hydroxylation is 2. The molecule has 2 aromatic rings. The van der Waals surface area contributed by atoms with Crippen molar-refractivity contribution < 1.29 is 0 Å². The van der Waals surface area contributed by atoms with Gasteiger partial charge in [-0.3, -0.25) is 4.98 Å². The Bertz CT molecular complexity index is 429. The minimum atomic E-state index is 1.06. The summed E-state index contributed by atoms with van der Waals surface area (Å²) in [5.74, 6) is 0. The summed E-state index contributed by atoms with van der Waals surface area (Å²) >= 11 is 0. The smallest absolute Gasteiger partial charge is 0.0373 e. The molecule has 0 unspecified atom stereocenters. The Morgan fingerprint density at radius 3 is 2.43 bits per heavy atom. The predicted molar refractivity (Wildman–Crippen MR) is 59.1 cm³/mol. The van der Waals surface area contributed by atoms with Gasteiger partial charge in [-0.25, -0.2) is 0 Å². The molecule has 0 fully saturated rings. The Morgan fingerprint density at radius 1 is 0.929 bits per heavy atom. The van der Waals surface area contributed by atoms with Gasteiger partial charge in [0, 0.05) is 17.5 Å². The van der Waals surface area contributed by atoms with E-state index in [1.165, 1.54) is 16.7 Å². The first-order chi connectivity index (χ1) is 6.75. The first-order valence-electron chi connectivity index (χ1n) is 4.75. The normalized spacial score (nSPS) is 10.1. The molecule has 70 valence electrons. The van der Waals surface area contributed by atoms with E-state index in [4.69, 9.17) is 0 Å². The van der Waals surface area contributed by atoms with Crippen molar-refractivity contribution in [2.75, 3.05) is 0 Å². The lowest BCUT2D eigenvalue weighted by atomic mass is 10.1. The second-order valence-electron chi connectivity index (χ2n) is 3.56. The zero-order valence-electron chi connectivity index (χ0n) is 8.49. The highest BCUT2D eigenvalue weighted by atomic mass is 14.7. The molecule has 0 saturated heterocycles. The second kappa shape index (κ2) is 3.62. The van der Waals surface area contributed by atoms with E-state index in [0.717, 1.165) is 5.69 Å². The molecule has 1 aromatic heterocycles. The second-order valence-corrected chi connectivity index (χ2v) is 3.56. The molecule has 0 saturated carbocycles. The molecule has 0 radical (unpaired) electrons. The van der Waals surface area contributed by atoms with Crippen molar-refractivity contribution in [2.24, 2.45) is 0 Å². The van der Waals surface area contributed by atoms with Gasteiger partial charge in [-0.05, 0) is 25.5 Å². The van der Waals surface area contributed by atoms with Crippen molar-refractivity contribution >= 4 is 0 Å². The lowest BCUT2D eigenvalue weighted by Gasteiger charge is -2.02. The van der Waals surface area contributed by atoms with Crippen LogP contribution in [0, 0.1) is 13.8 Å². The van der Waals surface area contributed by atoms with Crippen LogP contribution in [0.2, 0.25) is 0 Å². The first-order valence-corrected chi connectivity index (χ1v) is 4.75. The van der Waals surface area contributed by atoms with E-state index < -0.39 is 0 Å². The van der Waals surface area contributed by atoms with Crippen LogP contribution in [0.5, 0.6) is 0 Å². The van der Waals surface area contributed by atoms with Crippen molar-refractivity contribution in [3.8, 4) is 11.1 Å². The number of nitrogens with zero attached hydrogens (tertiary/aromatic N) is 1. The quantitative estimate of drug-likeness (QED) is 0.660. The SMILES string of the molecule is Cc1cccc(-c2ccc(C)nc2)c1. The highest BCUT2D eigenvalue weighted by molar-refractivity contribution is 5.63. The lowest BCUT2D eigenvalue weighted by Crippen LogP contribution is -1.83. The summed E-state index contributed by atoms with van der Waals surface area (Å²) in [6.07, 6.45) is 1.92. The monoisotopic (exact) mass is 183 g/mol. The van der Waals surface area contributed by atoms with Crippen LogP contribution in [0.15, 0.2) is 42.6 Å². The van der Waals surface area contributed by atoms with Gasteiger partial charge in [-0.15, -0.1) is 0 Å². The van der Waals surface area contributed by atoms with Crippen LogP contribution in [0.1, 0.15) is 11.3 Å². The molecule has 0 spiro atoms. The van der Waals surface area contributed by atoms with Gasteiger partial charge in [0.05, 0.1) is 0 Å². The van der Waals surface area contributed by atoms with Crippen molar-refractivity contribution in [1.82, 2.24) is 4.98 Å². The fraction of sp³-hybridized carbons (Fsp3) is 0.154. The van der Waals surface area contributed by atoms with Crippen molar-refractivity contribution in [1.29, 1.82) is 0 Å². The predicted octanol–water partition coefficient (Wildman–Crippen LogP) is 3.37. The molecule has 0 bridgehead atoms. The molecule has 0 N–H and O–H groups in total. The molecule has 0 aliphatic rings. The summed E-state index contributed by atoms with van der Waals surface area (Å²) in [5.41, 5.74) is 4.75. The molecule has 1 heterocycles. The summed E-state index contributed by atoms with van der Waals surface area (Å²) < 4.78 is 0. The van der Waals surface area contributed by atoms with E-state index in [2.05, 4.69) is 42.2 Å². The van der Waals surface area contributed by atoms with Gasteiger partial charge in [-0.2, -0.15) is 0 Å². The Kier molecular flexibility index (Phi) is 2.32. The maximum atomic E-state index is 4.29. The average Bonchev–Trinajstić information content (AvgIpc) is 2.19. The summed E-state index contributed by atoms with van der Waals surface area (Å²) in [5, 5.41) is 0. The van der Waals surface area contributed by atoms with Gasteiger partial charge in [0.1, 0.15) is 0 Å². The molecule has 0 aliphatic heterocycles. The summed E-state index contributed by atoms with van der Waals surface area (Å²) in [7, 11) is 0. The van der Waals surface area contributed by atoms with E-state index in [0.29, 0.717) is 0 Å². The molecule has 1 nitrogen and oxygen atoms in total. The highest BCUT2D eigenvalue weighted by Gasteiger charge is 1.96. The minimum absolute atomic E-state index is 1.06. The minimum Gasteiger partial charge on any atom is -0.261 e. The third kappa shape index (κ3) is 1.82. The lowest BCUT2D eigenvalue weighted by molar-refractivity contribution is 1.20. The molecule has 1 heteroatoms. The van der Waals surface area contributed by atoms with Crippen molar-refractivity contribution in [3.63, 3.8) is 0 Å². The number of pyridine rings is 1. The zero-order valence-corrected chi connectivity index (χ0v) is 8.49. The molecule has 1 aromatic carbocycles. The molecule has 2 rings (SSSR count). The molecule has 0 atom stereocenters. The number of benzene rings is 1. The fourth-order valence-corrected chi connectivity index (χ4v) is 1.46. The topological polar surface area (TPSA) is 12.9 Å². The highest BCUT2D eigenvalue weighted by Crippen LogP contribution is 2.19. The van der Waals surface area contributed by atoms with Gasteiger partial charge in [0.2, 0.25) is 0 Å². The van der Waals surface area contributed by atoms with Crippen molar-refractivity contribution in [2.45, 2.75) is 13.8 Å². The maximum Gasteiger partial charge on any atom is 0.0373 e. The zero-order chi connectivity index (χ0) is 9.97. The number of aromatic nitrogens is 1. The number of hydrogen-bond donors (Lipinski definition) is 0. The molecular formula is C13H13N. The van der Waals surface area contributed by atoms with Crippen LogP contribution < -0.4 is 0 Å². The van der Waals surface area contributed by atoms with E-state index in [9.17, 15) is 0 Å². The third-order valence-corrected chi connectivity index (χ3v) is 2.26. The molecule has 14 heavy (non-hydrogen) atoms. The maximum absolute atomic E-state index is 4.29. The Labute approximate surface area is 84.4 Å². The van der Waals surface area contributed by atoms with E-state index in [-0.39, 0.29) is 0 Å². The third-order valence-electron chi connectivity index (χ3n) is 2.26. The van der Waals surface area contributed by atoms with Crippen LogP contribution in [-0.2, 0) is 0 Å². The van der Waals surface area contributed by atoms with Gasteiger partial charge in [-0.1, -0.05) is 35.9 Å². The summed E-state index contributed by atoms with van der Waals surface area (Å²) in [6, 6.07) is 12.6. The summed E-state index contributed by atoms with van der Waals surface area (Å²) in [4.78, 5) is 4.29. The van der Waals surface area contributed by atoms with Crippen molar-refractivity contribution in [3.05, 3.63) is 53.9 Å². The Hall–Kier alpha value is -1.63. The van der Waals surface area contributed by atoms with Crippen LogP contribution in [0.25, 0.3) is 11.1 Å². The van der Waals surface area contributed by atoms with Gasteiger partial charge >= 0.3 is 0 Å². The van der Waals surface area contributed by atoms with Crippen LogP contribution >= 0.6 is 0 Å². The molecule has 0 aliphatic carbocycles. The van der Waals surface area contributed by atoms with E-state index >= 15 is 0 Å².